The van der Waals surface area contributed by atoms with E-state index in [2.05, 4.69) is 15.5 Å². The number of aliphatic hydroxyl groups is 2. The van der Waals surface area contributed by atoms with Crippen molar-refractivity contribution in [2.24, 2.45) is 5.41 Å². The van der Waals surface area contributed by atoms with Crippen LogP contribution in [0.25, 0.3) is 0 Å². The summed E-state index contributed by atoms with van der Waals surface area (Å²) in [7, 11) is 0. The minimum absolute atomic E-state index is 0.0701. The fraction of sp³-hybridized carbons (Fsp3) is 0.778. The quantitative estimate of drug-likeness (QED) is 0.590. The molecule has 0 atom stereocenters. The molecule has 1 aromatic rings. The molecule has 0 amide bonds. The highest BCUT2D eigenvalue weighted by Gasteiger charge is 2.21. The van der Waals surface area contributed by atoms with Crippen molar-refractivity contribution in [2.45, 2.75) is 20.4 Å². The number of hydrogen-bond donors (Lipinski definition) is 3. The van der Waals surface area contributed by atoms with E-state index >= 15 is 0 Å². The van der Waals surface area contributed by atoms with Crippen molar-refractivity contribution in [3.63, 3.8) is 0 Å². The molecule has 6 nitrogen and oxygen atoms in total. The lowest BCUT2D eigenvalue weighted by atomic mass is 9.93. The second-order valence-electron chi connectivity index (χ2n) is 3.97. The molecule has 1 rings (SSSR count). The monoisotopic (exact) mass is 215 g/mol. The highest BCUT2D eigenvalue weighted by atomic mass is 16.5. The van der Waals surface area contributed by atoms with E-state index < -0.39 is 5.41 Å². The van der Waals surface area contributed by atoms with Crippen LogP contribution in [0.15, 0.2) is 4.52 Å². The van der Waals surface area contributed by atoms with Crippen LogP contribution in [0.4, 0.5) is 0 Å². The first kappa shape index (κ1) is 12.1. The SMILES string of the molecule is Cc1noc(CNCC(C)(CO)CO)n1. The van der Waals surface area contributed by atoms with Gasteiger partial charge in [0.1, 0.15) is 0 Å². The number of rotatable bonds is 6. The summed E-state index contributed by atoms with van der Waals surface area (Å²) in [6.45, 7) is 4.33. The number of aryl methyl sites for hydroxylation is 1. The Balaban J connectivity index is 2.32. The third kappa shape index (κ3) is 3.58. The summed E-state index contributed by atoms with van der Waals surface area (Å²) >= 11 is 0. The van der Waals surface area contributed by atoms with E-state index in [0.717, 1.165) is 0 Å². The molecule has 1 aromatic heterocycles. The van der Waals surface area contributed by atoms with Crippen LogP contribution in [0.2, 0.25) is 0 Å². The molecule has 0 bridgehead atoms. The predicted octanol–water partition coefficient (Wildman–Crippen LogP) is -0.541. The molecule has 0 aliphatic rings. The normalized spacial score (nSPS) is 12.0. The van der Waals surface area contributed by atoms with Crippen LogP contribution in [0.3, 0.4) is 0 Å². The average molecular weight is 215 g/mol. The minimum Gasteiger partial charge on any atom is -0.396 e. The topological polar surface area (TPSA) is 91.4 Å². The number of nitrogens with one attached hydrogen (secondary N) is 1. The number of hydrogen-bond acceptors (Lipinski definition) is 6. The molecule has 0 fully saturated rings. The molecule has 0 aliphatic carbocycles. The Bertz CT molecular complexity index is 297. The molecule has 0 saturated heterocycles. The van der Waals surface area contributed by atoms with Gasteiger partial charge in [-0.1, -0.05) is 12.1 Å². The summed E-state index contributed by atoms with van der Waals surface area (Å²) in [5.74, 6) is 1.10. The molecule has 3 N–H and O–H groups in total. The predicted molar refractivity (Wildman–Crippen MR) is 53.0 cm³/mol. The van der Waals surface area contributed by atoms with E-state index in [9.17, 15) is 0 Å². The van der Waals surface area contributed by atoms with Gasteiger partial charge in [-0.2, -0.15) is 4.98 Å². The van der Waals surface area contributed by atoms with Crippen LogP contribution >= 0.6 is 0 Å². The molecule has 86 valence electrons. The van der Waals surface area contributed by atoms with Crippen molar-refractivity contribution in [3.8, 4) is 0 Å². The molecule has 0 spiro atoms. The van der Waals surface area contributed by atoms with Gasteiger partial charge >= 0.3 is 0 Å². The van der Waals surface area contributed by atoms with E-state index in [4.69, 9.17) is 14.7 Å². The second-order valence-corrected chi connectivity index (χ2v) is 3.97. The van der Waals surface area contributed by atoms with Crippen LogP contribution in [0, 0.1) is 12.3 Å². The number of aromatic nitrogens is 2. The van der Waals surface area contributed by atoms with Crippen molar-refractivity contribution >= 4 is 0 Å². The zero-order valence-corrected chi connectivity index (χ0v) is 9.03. The van der Waals surface area contributed by atoms with Crippen LogP contribution in [-0.4, -0.2) is 40.1 Å². The van der Waals surface area contributed by atoms with Crippen LogP contribution in [0.5, 0.6) is 0 Å². The van der Waals surface area contributed by atoms with Gasteiger partial charge in [0.2, 0.25) is 5.89 Å². The van der Waals surface area contributed by atoms with Crippen LogP contribution < -0.4 is 5.32 Å². The summed E-state index contributed by atoms with van der Waals surface area (Å²) < 4.78 is 4.90. The van der Waals surface area contributed by atoms with Gasteiger partial charge in [-0.05, 0) is 6.92 Å². The van der Waals surface area contributed by atoms with E-state index in [-0.39, 0.29) is 13.2 Å². The number of aliphatic hydroxyl groups excluding tert-OH is 2. The Kier molecular flexibility index (Phi) is 4.19. The van der Waals surface area contributed by atoms with Gasteiger partial charge in [-0.25, -0.2) is 0 Å². The van der Waals surface area contributed by atoms with Gasteiger partial charge in [0.25, 0.3) is 0 Å². The summed E-state index contributed by atoms with van der Waals surface area (Å²) in [6.07, 6.45) is 0. The first-order valence-electron chi connectivity index (χ1n) is 4.81. The van der Waals surface area contributed by atoms with Crippen molar-refractivity contribution < 1.29 is 14.7 Å². The van der Waals surface area contributed by atoms with Crippen molar-refractivity contribution in [3.05, 3.63) is 11.7 Å². The highest BCUT2D eigenvalue weighted by molar-refractivity contribution is 4.83. The molecular formula is C9H17N3O3. The Morgan fingerprint density at radius 3 is 2.53 bits per heavy atom. The summed E-state index contributed by atoms with van der Waals surface area (Å²) in [4.78, 5) is 4.02. The molecule has 0 radical (unpaired) electrons. The van der Waals surface area contributed by atoms with Gasteiger partial charge in [0, 0.05) is 12.0 Å². The van der Waals surface area contributed by atoms with E-state index in [1.165, 1.54) is 0 Å². The lowest BCUT2D eigenvalue weighted by Crippen LogP contribution is -2.37. The summed E-state index contributed by atoms with van der Waals surface area (Å²) in [5.41, 5.74) is -0.519. The molecule has 6 heteroatoms. The molecule has 15 heavy (non-hydrogen) atoms. The molecule has 1 heterocycles. The number of nitrogens with zero attached hydrogens (tertiary/aromatic N) is 2. The Morgan fingerprint density at radius 1 is 1.40 bits per heavy atom. The largest absolute Gasteiger partial charge is 0.396 e. The minimum atomic E-state index is -0.519. The van der Waals surface area contributed by atoms with Crippen LogP contribution in [-0.2, 0) is 6.54 Å². The molecule has 0 aliphatic heterocycles. The van der Waals surface area contributed by atoms with Gasteiger partial charge in [0.15, 0.2) is 5.82 Å². The molecule has 0 unspecified atom stereocenters. The van der Waals surface area contributed by atoms with Crippen molar-refractivity contribution in [2.75, 3.05) is 19.8 Å². The van der Waals surface area contributed by atoms with Crippen molar-refractivity contribution in [1.29, 1.82) is 0 Å². The first-order chi connectivity index (χ1) is 7.09. The average Bonchev–Trinajstić information content (AvgIpc) is 2.64. The lowest BCUT2D eigenvalue weighted by Gasteiger charge is -2.24. The molecule has 0 aromatic carbocycles. The highest BCUT2D eigenvalue weighted by Crippen LogP contribution is 2.12. The van der Waals surface area contributed by atoms with Crippen LogP contribution in [0.1, 0.15) is 18.6 Å². The van der Waals surface area contributed by atoms with Gasteiger partial charge in [0.05, 0.1) is 19.8 Å². The van der Waals surface area contributed by atoms with Gasteiger partial charge in [-0.3, -0.25) is 0 Å². The lowest BCUT2D eigenvalue weighted by molar-refractivity contribution is 0.0689. The maximum absolute atomic E-state index is 9.04. The zero-order chi connectivity index (χ0) is 11.3. The summed E-state index contributed by atoms with van der Waals surface area (Å²) in [6, 6.07) is 0. The van der Waals surface area contributed by atoms with E-state index in [1.807, 2.05) is 0 Å². The van der Waals surface area contributed by atoms with E-state index in [0.29, 0.717) is 24.8 Å². The third-order valence-electron chi connectivity index (χ3n) is 2.16. The summed E-state index contributed by atoms with van der Waals surface area (Å²) in [5, 5.41) is 24.8. The first-order valence-corrected chi connectivity index (χ1v) is 4.81. The van der Waals surface area contributed by atoms with Crippen molar-refractivity contribution in [1.82, 2.24) is 15.5 Å². The maximum atomic E-state index is 9.04. The fourth-order valence-corrected chi connectivity index (χ4v) is 1.04. The fourth-order valence-electron chi connectivity index (χ4n) is 1.04. The maximum Gasteiger partial charge on any atom is 0.240 e. The molecule has 0 saturated carbocycles. The molecular weight excluding hydrogens is 198 g/mol. The Labute approximate surface area is 88.3 Å². The van der Waals surface area contributed by atoms with Gasteiger partial charge < -0.3 is 20.1 Å². The Hall–Kier alpha value is -0.980. The van der Waals surface area contributed by atoms with Gasteiger partial charge in [-0.15, -0.1) is 0 Å². The zero-order valence-electron chi connectivity index (χ0n) is 9.03. The second kappa shape index (κ2) is 5.20. The standard InChI is InChI=1S/C9H17N3O3/c1-7-11-8(15-12-7)3-10-4-9(2,5-13)6-14/h10,13-14H,3-6H2,1-2H3. The van der Waals surface area contributed by atoms with E-state index in [1.54, 1.807) is 13.8 Å². The smallest absolute Gasteiger partial charge is 0.240 e. The Morgan fingerprint density at radius 2 is 2.07 bits per heavy atom. The third-order valence-corrected chi connectivity index (χ3v) is 2.16.